The van der Waals surface area contributed by atoms with Crippen molar-refractivity contribution in [1.29, 1.82) is 0 Å². The van der Waals surface area contributed by atoms with E-state index >= 15 is 0 Å². The number of nitrogens with two attached hydrogens (primary N) is 1. The van der Waals surface area contributed by atoms with Gasteiger partial charge in [0.15, 0.2) is 0 Å². The molecule has 6 nitrogen and oxygen atoms in total. The van der Waals surface area contributed by atoms with E-state index in [0.29, 0.717) is 0 Å². The van der Waals surface area contributed by atoms with Crippen molar-refractivity contribution in [2.45, 2.75) is 12.2 Å². The Kier molecular flexibility index (Phi) is 3.04. The van der Waals surface area contributed by atoms with E-state index in [1.807, 2.05) is 12.1 Å². The monoisotopic (exact) mass is 262 g/mol. The van der Waals surface area contributed by atoms with Crippen LogP contribution in [0.4, 0.5) is 11.4 Å². The molecule has 0 saturated carbocycles. The molecule has 1 aromatic heterocycles. The fourth-order valence-corrected chi connectivity index (χ4v) is 2.66. The zero-order valence-corrected chi connectivity index (χ0v) is 11.1. The molecule has 1 saturated heterocycles. The standard InChI is InChI=1S/C13H18N4O2/c1-18-12-6-17(7-13(12)19-2)11-4-10-8(3-9(11)14)5-15-16-10/h3-5,12-13H,6-7,14H2,1-2H3,(H,15,16). The molecule has 0 aliphatic carbocycles. The van der Waals surface area contributed by atoms with E-state index in [2.05, 4.69) is 15.1 Å². The van der Waals surface area contributed by atoms with Gasteiger partial charge in [-0.25, -0.2) is 0 Å². The van der Waals surface area contributed by atoms with Crippen LogP contribution in [0, 0.1) is 0 Å². The van der Waals surface area contributed by atoms with Gasteiger partial charge in [-0.3, -0.25) is 5.10 Å². The smallest absolute Gasteiger partial charge is 0.102 e. The summed E-state index contributed by atoms with van der Waals surface area (Å²) < 4.78 is 10.9. The molecule has 1 fully saturated rings. The zero-order chi connectivity index (χ0) is 13.4. The lowest BCUT2D eigenvalue weighted by Gasteiger charge is -2.20. The molecule has 2 heterocycles. The summed E-state index contributed by atoms with van der Waals surface area (Å²) in [7, 11) is 3.42. The lowest BCUT2D eigenvalue weighted by atomic mass is 10.2. The van der Waals surface area contributed by atoms with E-state index in [1.165, 1.54) is 0 Å². The predicted octanol–water partition coefficient (Wildman–Crippen LogP) is 0.995. The van der Waals surface area contributed by atoms with Crippen molar-refractivity contribution in [1.82, 2.24) is 10.2 Å². The number of hydrogen-bond acceptors (Lipinski definition) is 5. The van der Waals surface area contributed by atoms with Crippen LogP contribution in [-0.4, -0.2) is 49.7 Å². The van der Waals surface area contributed by atoms with Gasteiger partial charge in [0.2, 0.25) is 0 Å². The number of benzene rings is 1. The fourth-order valence-electron chi connectivity index (χ4n) is 2.66. The van der Waals surface area contributed by atoms with Crippen LogP contribution in [0.15, 0.2) is 18.3 Å². The topological polar surface area (TPSA) is 76.4 Å². The molecule has 102 valence electrons. The van der Waals surface area contributed by atoms with Crippen LogP contribution in [-0.2, 0) is 9.47 Å². The Hall–Kier alpha value is -1.79. The first kappa shape index (κ1) is 12.3. The van der Waals surface area contributed by atoms with Crippen molar-refractivity contribution in [2.75, 3.05) is 37.9 Å². The van der Waals surface area contributed by atoms with Crippen LogP contribution in [0.1, 0.15) is 0 Å². The molecular formula is C13H18N4O2. The number of nitrogens with zero attached hydrogens (tertiary/aromatic N) is 2. The lowest BCUT2D eigenvalue weighted by molar-refractivity contribution is -0.00461. The van der Waals surface area contributed by atoms with Crippen LogP contribution in [0.25, 0.3) is 10.9 Å². The highest BCUT2D eigenvalue weighted by atomic mass is 16.5. The molecule has 19 heavy (non-hydrogen) atoms. The summed E-state index contributed by atoms with van der Waals surface area (Å²) in [6.07, 6.45) is 1.92. The summed E-state index contributed by atoms with van der Waals surface area (Å²) in [5, 5.41) is 8.01. The summed E-state index contributed by atoms with van der Waals surface area (Å²) in [4.78, 5) is 2.19. The van der Waals surface area contributed by atoms with Gasteiger partial charge in [0, 0.05) is 32.7 Å². The second kappa shape index (κ2) is 4.71. The van der Waals surface area contributed by atoms with Crippen LogP contribution in [0.5, 0.6) is 0 Å². The van der Waals surface area contributed by atoms with E-state index in [1.54, 1.807) is 20.4 Å². The number of fused-ring (bicyclic) bond motifs is 1. The largest absolute Gasteiger partial charge is 0.397 e. The predicted molar refractivity (Wildman–Crippen MR) is 74.3 cm³/mol. The molecule has 1 aliphatic rings. The second-order valence-electron chi connectivity index (χ2n) is 4.82. The van der Waals surface area contributed by atoms with E-state index in [4.69, 9.17) is 15.2 Å². The maximum absolute atomic E-state index is 6.13. The van der Waals surface area contributed by atoms with Crippen molar-refractivity contribution in [2.24, 2.45) is 0 Å². The maximum Gasteiger partial charge on any atom is 0.102 e. The number of aromatic nitrogens is 2. The average molecular weight is 262 g/mol. The molecule has 6 heteroatoms. The van der Waals surface area contributed by atoms with Crippen LogP contribution >= 0.6 is 0 Å². The summed E-state index contributed by atoms with van der Waals surface area (Å²) in [6, 6.07) is 3.97. The number of methoxy groups -OCH3 is 2. The minimum atomic E-state index is 0.0712. The SMILES string of the molecule is COC1CN(c2cc3[nH]ncc3cc2N)CC1OC. The highest BCUT2D eigenvalue weighted by molar-refractivity contribution is 5.89. The third kappa shape index (κ3) is 2.02. The number of aromatic amines is 1. The summed E-state index contributed by atoms with van der Waals surface area (Å²) in [6.45, 7) is 1.55. The number of nitrogens with one attached hydrogen (secondary N) is 1. The van der Waals surface area contributed by atoms with Gasteiger partial charge in [-0.15, -0.1) is 0 Å². The quantitative estimate of drug-likeness (QED) is 0.807. The molecular weight excluding hydrogens is 244 g/mol. The van der Waals surface area contributed by atoms with Gasteiger partial charge < -0.3 is 20.1 Å². The number of anilines is 2. The summed E-state index contributed by atoms with van der Waals surface area (Å²) in [5.74, 6) is 0. The van der Waals surface area contributed by atoms with Crippen LogP contribution < -0.4 is 10.6 Å². The van der Waals surface area contributed by atoms with Crippen LogP contribution in [0.3, 0.4) is 0 Å². The molecule has 0 bridgehead atoms. The molecule has 1 aliphatic heterocycles. The van der Waals surface area contributed by atoms with Crippen molar-refractivity contribution in [3.8, 4) is 0 Å². The first-order valence-corrected chi connectivity index (χ1v) is 6.26. The number of nitrogen functional groups attached to an aromatic ring is 1. The first-order valence-electron chi connectivity index (χ1n) is 6.26. The van der Waals surface area contributed by atoms with Gasteiger partial charge >= 0.3 is 0 Å². The third-order valence-electron chi connectivity index (χ3n) is 3.75. The Morgan fingerprint density at radius 2 is 1.95 bits per heavy atom. The van der Waals surface area contributed by atoms with Crippen molar-refractivity contribution in [3.05, 3.63) is 18.3 Å². The highest BCUT2D eigenvalue weighted by Gasteiger charge is 2.33. The van der Waals surface area contributed by atoms with E-state index < -0.39 is 0 Å². The zero-order valence-electron chi connectivity index (χ0n) is 11.1. The van der Waals surface area contributed by atoms with Crippen LogP contribution in [0.2, 0.25) is 0 Å². The first-order chi connectivity index (χ1) is 9.22. The molecule has 2 aromatic rings. The van der Waals surface area contributed by atoms with Gasteiger partial charge in [0.25, 0.3) is 0 Å². The molecule has 1 aromatic carbocycles. The van der Waals surface area contributed by atoms with E-state index in [0.717, 1.165) is 35.4 Å². The van der Waals surface area contributed by atoms with Crippen molar-refractivity contribution < 1.29 is 9.47 Å². The summed E-state index contributed by atoms with van der Waals surface area (Å²) in [5.41, 5.74) is 8.87. The Morgan fingerprint density at radius 1 is 1.26 bits per heavy atom. The van der Waals surface area contributed by atoms with Gasteiger partial charge in [0.05, 0.1) is 23.1 Å². The minimum Gasteiger partial charge on any atom is -0.397 e. The molecule has 2 atom stereocenters. The highest BCUT2D eigenvalue weighted by Crippen LogP contribution is 2.31. The molecule has 2 unspecified atom stereocenters. The maximum atomic E-state index is 6.13. The number of hydrogen-bond donors (Lipinski definition) is 2. The normalized spacial score (nSPS) is 23.4. The number of ether oxygens (including phenoxy) is 2. The van der Waals surface area contributed by atoms with E-state index in [-0.39, 0.29) is 12.2 Å². The van der Waals surface area contributed by atoms with Crippen molar-refractivity contribution in [3.63, 3.8) is 0 Å². The second-order valence-corrected chi connectivity index (χ2v) is 4.82. The van der Waals surface area contributed by atoms with E-state index in [9.17, 15) is 0 Å². The molecule has 0 spiro atoms. The molecule has 3 rings (SSSR count). The van der Waals surface area contributed by atoms with Gasteiger partial charge in [-0.2, -0.15) is 5.10 Å². The molecule has 3 N–H and O–H groups in total. The summed E-state index contributed by atoms with van der Waals surface area (Å²) >= 11 is 0. The lowest BCUT2D eigenvalue weighted by Crippen LogP contribution is -2.27. The Balaban J connectivity index is 1.94. The third-order valence-corrected chi connectivity index (χ3v) is 3.75. The molecule has 0 amide bonds. The molecule has 0 radical (unpaired) electrons. The Bertz CT molecular complexity index is 571. The van der Waals surface area contributed by atoms with Crippen molar-refractivity contribution >= 4 is 22.3 Å². The Morgan fingerprint density at radius 3 is 2.58 bits per heavy atom. The Labute approximate surface area is 111 Å². The van der Waals surface area contributed by atoms with Gasteiger partial charge in [-0.1, -0.05) is 0 Å². The minimum absolute atomic E-state index is 0.0712. The number of H-pyrrole nitrogens is 1. The van der Waals surface area contributed by atoms with Gasteiger partial charge in [-0.05, 0) is 12.1 Å². The fraction of sp³-hybridized carbons (Fsp3) is 0.462. The average Bonchev–Trinajstić information content (AvgIpc) is 3.02. The van der Waals surface area contributed by atoms with Gasteiger partial charge in [0.1, 0.15) is 12.2 Å². The number of rotatable bonds is 3.